The first-order valence-corrected chi connectivity index (χ1v) is 9.42. The summed E-state index contributed by atoms with van der Waals surface area (Å²) in [6, 6.07) is 15.5. The van der Waals surface area contributed by atoms with Crippen molar-refractivity contribution in [3.63, 3.8) is 0 Å². The van der Waals surface area contributed by atoms with Crippen molar-refractivity contribution in [3.8, 4) is 22.9 Å². The van der Waals surface area contributed by atoms with Gasteiger partial charge in [-0.3, -0.25) is 0 Å². The van der Waals surface area contributed by atoms with Crippen LogP contribution in [-0.4, -0.2) is 45.8 Å². The van der Waals surface area contributed by atoms with Gasteiger partial charge in [-0.15, -0.1) is 0 Å². The van der Waals surface area contributed by atoms with E-state index >= 15 is 0 Å². The van der Waals surface area contributed by atoms with Crippen LogP contribution in [0.25, 0.3) is 11.4 Å². The lowest BCUT2D eigenvalue weighted by Gasteiger charge is -2.29. The van der Waals surface area contributed by atoms with Crippen molar-refractivity contribution < 1.29 is 9.84 Å². The maximum Gasteiger partial charge on any atom is 0.140 e. The highest BCUT2D eigenvalue weighted by molar-refractivity contribution is 5.57. The lowest BCUT2D eigenvalue weighted by atomic mass is 10.1. The Labute approximate surface area is 159 Å². The van der Waals surface area contributed by atoms with Crippen molar-refractivity contribution >= 4 is 0 Å². The second-order valence-electron chi connectivity index (χ2n) is 7.19. The zero-order chi connectivity index (χ0) is 18.6. The Morgan fingerprint density at radius 3 is 2.63 bits per heavy atom. The molecule has 1 N–H and O–H groups in total. The second-order valence-corrected chi connectivity index (χ2v) is 7.19. The fraction of sp³-hybridized carbons (Fsp3) is 0.318. The van der Waals surface area contributed by atoms with Gasteiger partial charge in [0.25, 0.3) is 0 Å². The van der Waals surface area contributed by atoms with Crippen molar-refractivity contribution in [1.29, 1.82) is 0 Å². The van der Waals surface area contributed by atoms with Crippen LogP contribution in [0.1, 0.15) is 18.4 Å². The van der Waals surface area contributed by atoms with Gasteiger partial charge in [0.1, 0.15) is 23.4 Å². The van der Waals surface area contributed by atoms with E-state index in [-0.39, 0.29) is 5.75 Å². The number of aromatic hydroxyl groups is 1. The summed E-state index contributed by atoms with van der Waals surface area (Å²) in [4.78, 5) is 6.86. The van der Waals surface area contributed by atoms with E-state index in [1.165, 1.54) is 0 Å². The van der Waals surface area contributed by atoms with E-state index in [2.05, 4.69) is 33.6 Å². The Balaban J connectivity index is 1.46. The molecule has 0 radical (unpaired) electrons. The lowest BCUT2D eigenvalue weighted by molar-refractivity contribution is 0.114. The molecular weight excluding hydrogens is 338 g/mol. The third kappa shape index (κ3) is 4.31. The monoisotopic (exact) mass is 363 g/mol. The zero-order valence-corrected chi connectivity index (χ0v) is 15.6. The molecule has 1 aliphatic rings. The molecule has 1 saturated heterocycles. The number of likely N-dealkylation sites (tertiary alicyclic amines) is 1. The maximum absolute atomic E-state index is 9.67. The second kappa shape index (κ2) is 7.84. The zero-order valence-electron chi connectivity index (χ0n) is 15.6. The van der Waals surface area contributed by atoms with Gasteiger partial charge in [0.15, 0.2) is 0 Å². The number of benzene rings is 2. The molecule has 2 aromatic carbocycles. The summed E-state index contributed by atoms with van der Waals surface area (Å²) in [5.41, 5.74) is 2.09. The number of hydrogen-bond donors (Lipinski definition) is 1. The number of phenols is 1. The molecule has 0 unspecified atom stereocenters. The number of phenolic OH excluding ortho intramolecular Hbond substituents is 1. The summed E-state index contributed by atoms with van der Waals surface area (Å²) in [5, 5.41) is 9.67. The van der Waals surface area contributed by atoms with Crippen LogP contribution in [0, 0.1) is 0 Å². The number of hydrogen-bond acceptors (Lipinski definition) is 4. The highest BCUT2D eigenvalue weighted by Gasteiger charge is 2.18. The minimum Gasteiger partial charge on any atom is -0.508 e. The number of ether oxygens (including phenoxy) is 1. The fourth-order valence-electron chi connectivity index (χ4n) is 3.53. The van der Waals surface area contributed by atoms with Crippen LogP contribution in [0.4, 0.5) is 0 Å². The van der Waals surface area contributed by atoms with Gasteiger partial charge in [-0.25, -0.2) is 4.98 Å². The average molecular weight is 363 g/mol. The van der Waals surface area contributed by atoms with Crippen LogP contribution in [0.5, 0.6) is 11.5 Å². The predicted molar refractivity (Wildman–Crippen MR) is 106 cm³/mol. The third-order valence-electron chi connectivity index (χ3n) is 5.06. The van der Waals surface area contributed by atoms with Crippen molar-refractivity contribution in [3.05, 3.63) is 66.5 Å². The van der Waals surface area contributed by atoms with Gasteiger partial charge in [-0.1, -0.05) is 12.1 Å². The fourth-order valence-corrected chi connectivity index (χ4v) is 3.53. The normalized spacial score (nSPS) is 15.7. The van der Waals surface area contributed by atoms with Gasteiger partial charge in [0.05, 0.1) is 0 Å². The van der Waals surface area contributed by atoms with E-state index in [9.17, 15) is 5.11 Å². The van der Waals surface area contributed by atoms with Crippen molar-refractivity contribution in [1.82, 2.24) is 14.5 Å². The Bertz CT molecular complexity index is 881. The molecule has 140 valence electrons. The number of rotatable bonds is 5. The molecule has 0 atom stereocenters. The van der Waals surface area contributed by atoms with Gasteiger partial charge < -0.3 is 19.3 Å². The first-order valence-electron chi connectivity index (χ1n) is 9.42. The summed E-state index contributed by atoms with van der Waals surface area (Å²) in [6.07, 6.45) is 6.22. The summed E-state index contributed by atoms with van der Waals surface area (Å²) < 4.78 is 8.22. The molecule has 0 aliphatic carbocycles. The van der Waals surface area contributed by atoms with E-state index in [1.54, 1.807) is 18.3 Å². The van der Waals surface area contributed by atoms with Crippen LogP contribution < -0.4 is 4.74 Å². The lowest BCUT2D eigenvalue weighted by Crippen LogP contribution is -2.35. The molecule has 27 heavy (non-hydrogen) atoms. The van der Waals surface area contributed by atoms with E-state index in [1.807, 2.05) is 30.5 Å². The van der Waals surface area contributed by atoms with Gasteiger partial charge in [-0.05, 0) is 61.9 Å². The Kier molecular flexibility index (Phi) is 5.12. The van der Waals surface area contributed by atoms with E-state index < -0.39 is 0 Å². The summed E-state index contributed by atoms with van der Waals surface area (Å²) in [7, 11) is 2.16. The van der Waals surface area contributed by atoms with Gasteiger partial charge >= 0.3 is 0 Å². The molecule has 4 rings (SSSR count). The number of nitrogens with zero attached hydrogens (tertiary/aromatic N) is 3. The Hall–Kier alpha value is -2.79. The summed E-state index contributed by atoms with van der Waals surface area (Å²) in [5.74, 6) is 2.10. The van der Waals surface area contributed by atoms with E-state index in [0.717, 1.165) is 48.6 Å². The number of aromatic nitrogens is 2. The Morgan fingerprint density at radius 1 is 1.11 bits per heavy atom. The molecule has 1 fully saturated rings. The molecule has 0 saturated carbocycles. The van der Waals surface area contributed by atoms with Crippen LogP contribution in [-0.2, 0) is 6.54 Å². The molecule has 2 heterocycles. The standard InChI is InChI=1S/C22H25N3O2/c1-24-12-9-21(10-13-24)27-20-7-5-18(6-8-20)22-23-11-14-25(22)16-17-3-2-4-19(26)15-17/h2-8,11,14-15,21,26H,9-10,12-13,16H2,1H3. The van der Waals surface area contributed by atoms with Crippen molar-refractivity contribution in [2.24, 2.45) is 0 Å². The topological polar surface area (TPSA) is 50.5 Å². The first-order chi connectivity index (χ1) is 13.2. The minimum absolute atomic E-state index is 0.282. The predicted octanol–water partition coefficient (Wildman–Crippen LogP) is 3.78. The summed E-state index contributed by atoms with van der Waals surface area (Å²) in [6.45, 7) is 2.85. The highest BCUT2D eigenvalue weighted by Crippen LogP contribution is 2.24. The van der Waals surface area contributed by atoms with Crippen LogP contribution in [0.15, 0.2) is 60.9 Å². The maximum atomic E-state index is 9.67. The molecule has 1 aromatic heterocycles. The molecule has 0 spiro atoms. The molecule has 1 aliphatic heterocycles. The molecule has 0 bridgehead atoms. The van der Waals surface area contributed by atoms with Crippen molar-refractivity contribution in [2.75, 3.05) is 20.1 Å². The van der Waals surface area contributed by atoms with E-state index in [0.29, 0.717) is 12.6 Å². The summed E-state index contributed by atoms with van der Waals surface area (Å²) >= 11 is 0. The van der Waals surface area contributed by atoms with Gasteiger partial charge in [0.2, 0.25) is 0 Å². The van der Waals surface area contributed by atoms with Crippen LogP contribution in [0.2, 0.25) is 0 Å². The van der Waals surface area contributed by atoms with Crippen LogP contribution >= 0.6 is 0 Å². The van der Waals surface area contributed by atoms with Gasteiger partial charge in [0, 0.05) is 37.6 Å². The minimum atomic E-state index is 0.282. The molecular formula is C22H25N3O2. The Morgan fingerprint density at radius 2 is 1.89 bits per heavy atom. The SMILES string of the molecule is CN1CCC(Oc2ccc(-c3nccn3Cc3cccc(O)c3)cc2)CC1. The molecule has 0 amide bonds. The largest absolute Gasteiger partial charge is 0.508 e. The average Bonchev–Trinajstić information content (AvgIpc) is 3.12. The third-order valence-corrected chi connectivity index (χ3v) is 5.06. The van der Waals surface area contributed by atoms with Crippen molar-refractivity contribution in [2.45, 2.75) is 25.5 Å². The van der Waals surface area contributed by atoms with E-state index in [4.69, 9.17) is 4.74 Å². The molecule has 5 heteroatoms. The smallest absolute Gasteiger partial charge is 0.140 e. The molecule has 5 nitrogen and oxygen atoms in total. The quantitative estimate of drug-likeness (QED) is 0.750. The first kappa shape index (κ1) is 17.6. The van der Waals surface area contributed by atoms with Gasteiger partial charge in [-0.2, -0.15) is 0 Å². The number of piperidine rings is 1. The number of imidazole rings is 1. The highest BCUT2D eigenvalue weighted by atomic mass is 16.5. The molecule has 3 aromatic rings. The van der Waals surface area contributed by atoms with Crippen LogP contribution in [0.3, 0.4) is 0 Å².